The van der Waals surface area contributed by atoms with Crippen molar-refractivity contribution in [1.29, 1.82) is 0 Å². The molecule has 8 nitrogen and oxygen atoms in total. The number of anilines is 2. The number of benzene rings is 4. The number of piperazine rings is 1. The molecule has 8 heteroatoms. The molecule has 0 aromatic heterocycles. The number of rotatable bonds is 7. The van der Waals surface area contributed by atoms with E-state index in [4.69, 9.17) is 9.47 Å². The van der Waals surface area contributed by atoms with E-state index in [-0.39, 0.29) is 29.6 Å². The van der Waals surface area contributed by atoms with Crippen molar-refractivity contribution in [3.05, 3.63) is 113 Å². The largest absolute Gasteiger partial charge is 0.508 e. The van der Waals surface area contributed by atoms with Crippen molar-refractivity contribution in [2.45, 2.75) is 44.2 Å². The molecule has 4 aromatic carbocycles. The molecule has 4 heterocycles. The molecule has 4 aliphatic heterocycles. The maximum Gasteiger partial charge on any atom is 0.251 e. The number of phenols is 1. The first-order chi connectivity index (χ1) is 23.9. The molecule has 2 saturated heterocycles. The van der Waals surface area contributed by atoms with Crippen molar-refractivity contribution in [1.82, 2.24) is 10.2 Å². The van der Waals surface area contributed by atoms with Crippen molar-refractivity contribution in [3.8, 4) is 17.2 Å². The highest BCUT2D eigenvalue weighted by Crippen LogP contribution is 2.50. The number of carbonyl (C=O) groups is 1. The summed E-state index contributed by atoms with van der Waals surface area (Å²) in [6, 6.07) is 29.3. The minimum Gasteiger partial charge on any atom is -0.508 e. The lowest BCUT2D eigenvalue weighted by atomic mass is 9.73. The molecule has 0 saturated carbocycles. The first-order valence-electron chi connectivity index (χ1n) is 17.8. The highest BCUT2D eigenvalue weighted by Gasteiger charge is 2.38. The highest BCUT2D eigenvalue weighted by atomic mass is 16.5. The van der Waals surface area contributed by atoms with Gasteiger partial charge in [0.1, 0.15) is 23.4 Å². The van der Waals surface area contributed by atoms with Gasteiger partial charge in [0.2, 0.25) is 0 Å². The molecule has 49 heavy (non-hydrogen) atoms. The van der Waals surface area contributed by atoms with Crippen LogP contribution in [0.3, 0.4) is 0 Å². The molecule has 4 aliphatic rings. The lowest BCUT2D eigenvalue weighted by Crippen LogP contribution is -2.49. The maximum absolute atomic E-state index is 11.9. The van der Waals surface area contributed by atoms with Crippen molar-refractivity contribution < 1.29 is 19.4 Å². The van der Waals surface area contributed by atoms with Gasteiger partial charge in [-0.3, -0.25) is 9.69 Å². The number of hydrogen-bond donors (Lipinski definition) is 2. The van der Waals surface area contributed by atoms with E-state index in [2.05, 4.69) is 81.5 Å². The van der Waals surface area contributed by atoms with E-state index in [1.807, 2.05) is 18.2 Å². The average Bonchev–Trinajstić information content (AvgIpc) is 3.51. The van der Waals surface area contributed by atoms with Gasteiger partial charge in [0, 0.05) is 92.8 Å². The van der Waals surface area contributed by atoms with Gasteiger partial charge in [0.15, 0.2) is 0 Å². The van der Waals surface area contributed by atoms with E-state index in [9.17, 15) is 9.90 Å². The normalized spacial score (nSPS) is 22.7. The second kappa shape index (κ2) is 13.3. The predicted octanol–water partition coefficient (Wildman–Crippen LogP) is 6.38. The highest BCUT2D eigenvalue weighted by molar-refractivity contribution is 5.98. The Kier molecular flexibility index (Phi) is 8.58. The predicted molar refractivity (Wildman–Crippen MR) is 193 cm³/mol. The van der Waals surface area contributed by atoms with Crippen molar-refractivity contribution in [2.24, 2.45) is 5.92 Å². The van der Waals surface area contributed by atoms with Gasteiger partial charge in [0.05, 0.1) is 7.11 Å². The minimum absolute atomic E-state index is 0.0476. The zero-order chi connectivity index (χ0) is 33.5. The molecule has 0 aliphatic carbocycles. The molecule has 4 aromatic rings. The van der Waals surface area contributed by atoms with Crippen LogP contribution >= 0.6 is 0 Å². The Morgan fingerprint density at radius 3 is 2.37 bits per heavy atom. The Labute approximate surface area is 289 Å². The SMILES string of the molecule is COc1cccc([C@@H]2[C@H](c3ccc(N4CCC(CN5CCN(c6ccc7c(c6)CNC7=O)CC5)CC4)cc3)c3ccc(O)cc3O[C@@H]2C)c1. The van der Waals surface area contributed by atoms with Gasteiger partial charge in [-0.15, -0.1) is 0 Å². The number of nitrogens with one attached hydrogen (secondary N) is 1. The number of hydrogen-bond acceptors (Lipinski definition) is 7. The van der Waals surface area contributed by atoms with Crippen LogP contribution in [-0.4, -0.2) is 74.9 Å². The van der Waals surface area contributed by atoms with Crippen LogP contribution < -0.4 is 24.6 Å². The summed E-state index contributed by atoms with van der Waals surface area (Å²) in [6.45, 7) is 10.3. The molecule has 1 amide bonds. The zero-order valence-electron chi connectivity index (χ0n) is 28.5. The molecular weight excluding hydrogens is 612 g/mol. The number of carbonyl (C=O) groups excluding carboxylic acids is 1. The fourth-order valence-electron chi connectivity index (χ4n) is 8.55. The molecule has 0 spiro atoms. The van der Waals surface area contributed by atoms with Crippen LogP contribution in [0.4, 0.5) is 11.4 Å². The van der Waals surface area contributed by atoms with Crippen molar-refractivity contribution in [3.63, 3.8) is 0 Å². The number of ether oxygens (including phenoxy) is 2. The smallest absolute Gasteiger partial charge is 0.251 e. The molecule has 0 bridgehead atoms. The Morgan fingerprint density at radius 1 is 0.837 bits per heavy atom. The van der Waals surface area contributed by atoms with Crippen LogP contribution in [0.1, 0.15) is 64.2 Å². The first-order valence-corrected chi connectivity index (χ1v) is 17.8. The lowest BCUT2D eigenvalue weighted by molar-refractivity contribution is 0.0965. The number of piperidine rings is 1. The van der Waals surface area contributed by atoms with Crippen LogP contribution in [0, 0.1) is 5.92 Å². The number of nitrogens with zero attached hydrogens (tertiary/aromatic N) is 3. The summed E-state index contributed by atoms with van der Waals surface area (Å²) in [5, 5.41) is 13.2. The summed E-state index contributed by atoms with van der Waals surface area (Å²) in [6.07, 6.45) is 2.33. The Hall–Kier alpha value is -4.69. The third-order valence-electron chi connectivity index (χ3n) is 11.2. The third-order valence-corrected chi connectivity index (χ3v) is 11.2. The van der Waals surface area contributed by atoms with Gasteiger partial charge >= 0.3 is 0 Å². The van der Waals surface area contributed by atoms with Gasteiger partial charge in [0.25, 0.3) is 5.91 Å². The number of amides is 1. The molecule has 2 fully saturated rings. The molecule has 0 radical (unpaired) electrons. The van der Waals surface area contributed by atoms with Gasteiger partial charge in [-0.25, -0.2) is 0 Å². The molecule has 0 unspecified atom stereocenters. The summed E-state index contributed by atoms with van der Waals surface area (Å²) < 4.78 is 12.0. The quantitative estimate of drug-likeness (QED) is 0.239. The summed E-state index contributed by atoms with van der Waals surface area (Å²) >= 11 is 0. The van der Waals surface area contributed by atoms with Crippen LogP contribution in [-0.2, 0) is 6.54 Å². The summed E-state index contributed by atoms with van der Waals surface area (Å²) in [4.78, 5) is 19.6. The first kappa shape index (κ1) is 31.6. The Balaban J connectivity index is 0.902. The van der Waals surface area contributed by atoms with Crippen LogP contribution in [0.25, 0.3) is 0 Å². The fourth-order valence-corrected chi connectivity index (χ4v) is 8.55. The number of phenolic OH excluding ortho intramolecular Hbond substituents is 1. The van der Waals surface area contributed by atoms with E-state index < -0.39 is 0 Å². The number of fused-ring (bicyclic) bond motifs is 2. The standard InChI is InChI=1S/C41H46N4O4/c1-27-39(30-4-3-5-35(23-30)48-2)40(37-13-11-34(46)24-38(37)49-27)29-6-8-32(9-7-29)44-16-14-28(15-17-44)26-43-18-20-45(21-19-43)33-10-12-36-31(22-33)25-42-41(36)47/h3-13,22-24,27-28,39-40,46H,14-21,25-26H2,1-2H3,(H,42,47)/t27-,39-,40-/m1/s1. The molecular formula is C41H46N4O4. The van der Waals surface area contributed by atoms with E-state index in [1.165, 1.54) is 41.9 Å². The molecule has 8 rings (SSSR count). The van der Waals surface area contributed by atoms with Gasteiger partial charge in [-0.1, -0.05) is 30.3 Å². The molecule has 3 atom stereocenters. The second-order valence-electron chi connectivity index (χ2n) is 14.2. The van der Waals surface area contributed by atoms with Gasteiger partial charge in [-0.2, -0.15) is 0 Å². The van der Waals surface area contributed by atoms with Crippen LogP contribution in [0.2, 0.25) is 0 Å². The maximum atomic E-state index is 11.9. The monoisotopic (exact) mass is 658 g/mol. The fraction of sp³-hybridized carbons (Fsp3) is 0.390. The summed E-state index contributed by atoms with van der Waals surface area (Å²) in [7, 11) is 1.71. The minimum atomic E-state index is -0.0865. The molecule has 2 N–H and O–H groups in total. The van der Waals surface area contributed by atoms with Crippen LogP contribution in [0.5, 0.6) is 17.2 Å². The summed E-state index contributed by atoms with van der Waals surface area (Å²) in [5.41, 5.74) is 7.99. The Morgan fingerprint density at radius 2 is 1.59 bits per heavy atom. The average molecular weight is 659 g/mol. The van der Waals surface area contributed by atoms with E-state index in [0.717, 1.165) is 73.4 Å². The van der Waals surface area contributed by atoms with Crippen molar-refractivity contribution in [2.75, 3.05) is 62.7 Å². The molecule has 254 valence electrons. The van der Waals surface area contributed by atoms with Crippen LogP contribution in [0.15, 0.2) is 84.9 Å². The number of methoxy groups -OCH3 is 1. The summed E-state index contributed by atoms with van der Waals surface area (Å²) in [5.74, 6) is 2.75. The van der Waals surface area contributed by atoms with E-state index in [0.29, 0.717) is 6.54 Å². The van der Waals surface area contributed by atoms with E-state index in [1.54, 1.807) is 19.2 Å². The number of aromatic hydroxyl groups is 1. The van der Waals surface area contributed by atoms with Gasteiger partial charge in [-0.05, 0) is 90.9 Å². The zero-order valence-corrected chi connectivity index (χ0v) is 28.5. The topological polar surface area (TPSA) is 77.5 Å². The van der Waals surface area contributed by atoms with E-state index >= 15 is 0 Å². The van der Waals surface area contributed by atoms with Gasteiger partial charge < -0.3 is 29.7 Å². The van der Waals surface area contributed by atoms with Crippen molar-refractivity contribution >= 4 is 17.3 Å². The Bertz CT molecular complexity index is 1810. The second-order valence-corrected chi connectivity index (χ2v) is 14.2. The lowest BCUT2D eigenvalue weighted by Gasteiger charge is -2.40. The third kappa shape index (κ3) is 6.30.